The number of Topliss-reactive ketones (excluding diaryl/α,β-unsaturated/α-hetero) is 1. The predicted molar refractivity (Wildman–Crippen MR) is 51.0 cm³/mol. The Morgan fingerprint density at radius 2 is 2.07 bits per heavy atom. The topological polar surface area (TPSA) is 35.5 Å². The molecule has 1 aromatic rings. The Bertz CT molecular complexity index is 383. The molecule has 0 unspecified atom stereocenters. The number of carbonyl (C=O) groups excluding carboxylic acids is 1. The molecule has 0 spiro atoms. The first-order valence-electron chi connectivity index (χ1n) is 4.72. The van der Waals surface area contributed by atoms with Crippen LogP contribution in [0.3, 0.4) is 0 Å². The Morgan fingerprint density at radius 3 is 2.67 bits per heavy atom. The van der Waals surface area contributed by atoms with E-state index in [0.717, 1.165) is 0 Å². The van der Waals surface area contributed by atoms with Crippen molar-refractivity contribution in [3.05, 3.63) is 35.1 Å². The minimum absolute atomic E-state index is 0.0756. The molecule has 1 heterocycles. The summed E-state index contributed by atoms with van der Waals surface area (Å²) in [6.45, 7) is 2.38. The zero-order chi connectivity index (χ0) is 10.8. The highest BCUT2D eigenvalue weighted by molar-refractivity contribution is 5.94. The van der Waals surface area contributed by atoms with Crippen molar-refractivity contribution in [2.45, 2.75) is 13.2 Å². The SMILES string of the molecule is CC(=O)c1cc(C2OCCO2)ccc1F. The lowest BCUT2D eigenvalue weighted by Gasteiger charge is -2.10. The van der Waals surface area contributed by atoms with E-state index < -0.39 is 12.1 Å². The van der Waals surface area contributed by atoms with E-state index in [1.807, 2.05) is 0 Å². The number of ether oxygens (including phenoxy) is 2. The van der Waals surface area contributed by atoms with Gasteiger partial charge in [-0.1, -0.05) is 6.07 Å². The Kier molecular flexibility index (Phi) is 2.79. The van der Waals surface area contributed by atoms with Crippen LogP contribution in [0.15, 0.2) is 18.2 Å². The molecule has 15 heavy (non-hydrogen) atoms. The van der Waals surface area contributed by atoms with E-state index >= 15 is 0 Å². The summed E-state index contributed by atoms with van der Waals surface area (Å²) in [6.07, 6.45) is -0.469. The van der Waals surface area contributed by atoms with Crippen molar-refractivity contribution in [3.63, 3.8) is 0 Å². The number of rotatable bonds is 2. The molecule has 1 aliphatic heterocycles. The van der Waals surface area contributed by atoms with Gasteiger partial charge in [-0.2, -0.15) is 0 Å². The van der Waals surface area contributed by atoms with Crippen molar-refractivity contribution in [2.75, 3.05) is 13.2 Å². The van der Waals surface area contributed by atoms with E-state index in [2.05, 4.69) is 0 Å². The number of ketones is 1. The molecule has 80 valence electrons. The van der Waals surface area contributed by atoms with Crippen LogP contribution in [-0.2, 0) is 9.47 Å². The fourth-order valence-electron chi connectivity index (χ4n) is 1.51. The summed E-state index contributed by atoms with van der Waals surface area (Å²) >= 11 is 0. The summed E-state index contributed by atoms with van der Waals surface area (Å²) in [5.41, 5.74) is 0.755. The maximum absolute atomic E-state index is 13.2. The van der Waals surface area contributed by atoms with Crippen LogP contribution in [0.5, 0.6) is 0 Å². The van der Waals surface area contributed by atoms with Crippen molar-refractivity contribution in [1.82, 2.24) is 0 Å². The first kappa shape index (κ1) is 10.3. The molecule has 0 aromatic heterocycles. The Balaban J connectivity index is 2.33. The van der Waals surface area contributed by atoms with Gasteiger partial charge in [0.1, 0.15) is 5.82 Å². The molecule has 0 N–H and O–H groups in total. The molecular formula is C11H11FO3. The molecule has 1 saturated heterocycles. The second-order valence-corrected chi connectivity index (χ2v) is 3.37. The maximum atomic E-state index is 13.2. The van der Waals surface area contributed by atoms with Crippen LogP contribution < -0.4 is 0 Å². The zero-order valence-electron chi connectivity index (χ0n) is 8.33. The smallest absolute Gasteiger partial charge is 0.184 e. The Hall–Kier alpha value is -1.26. The fourth-order valence-corrected chi connectivity index (χ4v) is 1.51. The van der Waals surface area contributed by atoms with E-state index in [9.17, 15) is 9.18 Å². The normalized spacial score (nSPS) is 16.9. The third kappa shape index (κ3) is 2.06. The molecule has 1 fully saturated rings. The van der Waals surface area contributed by atoms with Crippen molar-refractivity contribution in [1.29, 1.82) is 0 Å². The third-order valence-corrected chi connectivity index (χ3v) is 2.26. The molecular weight excluding hydrogens is 199 g/mol. The number of halogens is 1. The van der Waals surface area contributed by atoms with Crippen LogP contribution in [0.1, 0.15) is 29.1 Å². The first-order chi connectivity index (χ1) is 7.18. The summed E-state index contributed by atoms with van der Waals surface area (Å²) < 4.78 is 23.7. The average Bonchev–Trinajstić information content (AvgIpc) is 2.71. The Labute approximate surface area is 86.8 Å². The molecule has 0 saturated carbocycles. The van der Waals surface area contributed by atoms with Gasteiger partial charge in [0.2, 0.25) is 0 Å². The van der Waals surface area contributed by atoms with Gasteiger partial charge in [0.05, 0.1) is 18.8 Å². The monoisotopic (exact) mass is 210 g/mol. The number of benzene rings is 1. The highest BCUT2D eigenvalue weighted by atomic mass is 19.1. The number of carbonyl (C=O) groups is 1. The molecule has 0 bridgehead atoms. The fraction of sp³-hybridized carbons (Fsp3) is 0.364. The lowest BCUT2D eigenvalue weighted by molar-refractivity contribution is -0.0441. The minimum Gasteiger partial charge on any atom is -0.346 e. The van der Waals surface area contributed by atoms with Gasteiger partial charge in [0.25, 0.3) is 0 Å². The molecule has 3 nitrogen and oxygen atoms in total. The van der Waals surface area contributed by atoms with Crippen LogP contribution in [0, 0.1) is 5.82 Å². The lowest BCUT2D eigenvalue weighted by Crippen LogP contribution is -2.03. The summed E-state index contributed by atoms with van der Waals surface area (Å²) in [6, 6.07) is 4.31. The van der Waals surface area contributed by atoms with E-state index in [0.29, 0.717) is 18.8 Å². The molecule has 0 amide bonds. The highest BCUT2D eigenvalue weighted by Gasteiger charge is 2.20. The quantitative estimate of drug-likeness (QED) is 0.701. The summed E-state index contributed by atoms with van der Waals surface area (Å²) in [5, 5.41) is 0. The predicted octanol–water partition coefficient (Wildman–Crippen LogP) is 2.07. The van der Waals surface area contributed by atoms with Gasteiger partial charge < -0.3 is 9.47 Å². The van der Waals surface area contributed by atoms with Crippen molar-refractivity contribution < 1.29 is 18.7 Å². The van der Waals surface area contributed by atoms with Crippen LogP contribution in [0.2, 0.25) is 0 Å². The molecule has 2 rings (SSSR count). The van der Waals surface area contributed by atoms with Crippen LogP contribution in [-0.4, -0.2) is 19.0 Å². The van der Waals surface area contributed by atoms with Crippen LogP contribution in [0.25, 0.3) is 0 Å². The maximum Gasteiger partial charge on any atom is 0.184 e. The van der Waals surface area contributed by atoms with Gasteiger partial charge >= 0.3 is 0 Å². The molecule has 1 aliphatic rings. The standard InChI is InChI=1S/C11H11FO3/c1-7(13)9-6-8(2-3-10(9)12)11-14-4-5-15-11/h2-3,6,11H,4-5H2,1H3. The van der Waals surface area contributed by atoms with E-state index in [4.69, 9.17) is 9.47 Å². The van der Waals surface area contributed by atoms with Gasteiger partial charge in [0, 0.05) is 5.56 Å². The molecule has 4 heteroatoms. The minimum atomic E-state index is -0.510. The zero-order valence-corrected chi connectivity index (χ0v) is 8.33. The van der Waals surface area contributed by atoms with Crippen LogP contribution in [0.4, 0.5) is 4.39 Å². The van der Waals surface area contributed by atoms with Gasteiger partial charge in [-0.05, 0) is 19.1 Å². The third-order valence-electron chi connectivity index (χ3n) is 2.26. The molecule has 0 atom stereocenters. The molecule has 0 radical (unpaired) electrons. The van der Waals surface area contributed by atoms with Crippen molar-refractivity contribution in [2.24, 2.45) is 0 Å². The molecule has 0 aliphatic carbocycles. The largest absolute Gasteiger partial charge is 0.346 e. The number of hydrogen-bond acceptors (Lipinski definition) is 3. The first-order valence-corrected chi connectivity index (χ1v) is 4.72. The average molecular weight is 210 g/mol. The van der Waals surface area contributed by atoms with Gasteiger partial charge in [-0.15, -0.1) is 0 Å². The lowest BCUT2D eigenvalue weighted by atomic mass is 10.1. The summed E-state index contributed by atoms with van der Waals surface area (Å²) in [4.78, 5) is 11.1. The van der Waals surface area contributed by atoms with Gasteiger partial charge in [0.15, 0.2) is 12.1 Å². The molecule has 1 aromatic carbocycles. The van der Waals surface area contributed by atoms with Crippen LogP contribution >= 0.6 is 0 Å². The van der Waals surface area contributed by atoms with Crippen molar-refractivity contribution in [3.8, 4) is 0 Å². The van der Waals surface area contributed by atoms with Gasteiger partial charge in [-0.3, -0.25) is 4.79 Å². The summed E-state index contributed by atoms with van der Waals surface area (Å²) in [7, 11) is 0. The Morgan fingerprint density at radius 1 is 1.40 bits per heavy atom. The van der Waals surface area contributed by atoms with E-state index in [1.165, 1.54) is 19.1 Å². The second-order valence-electron chi connectivity index (χ2n) is 3.37. The highest BCUT2D eigenvalue weighted by Crippen LogP contribution is 2.24. The van der Waals surface area contributed by atoms with E-state index in [-0.39, 0.29) is 11.3 Å². The summed E-state index contributed by atoms with van der Waals surface area (Å²) in [5.74, 6) is -0.809. The number of hydrogen-bond donors (Lipinski definition) is 0. The second kappa shape index (κ2) is 4.08. The van der Waals surface area contributed by atoms with Gasteiger partial charge in [-0.25, -0.2) is 4.39 Å². The van der Waals surface area contributed by atoms with Crippen molar-refractivity contribution >= 4 is 5.78 Å². The van der Waals surface area contributed by atoms with E-state index in [1.54, 1.807) is 6.07 Å².